The Bertz CT molecular complexity index is 671. The van der Waals surface area contributed by atoms with E-state index in [1.165, 1.54) is 24.3 Å². The maximum Gasteiger partial charge on any atom is 0.432 e. The van der Waals surface area contributed by atoms with Crippen LogP contribution in [0.1, 0.15) is 5.69 Å². The molecule has 0 saturated carbocycles. The van der Waals surface area contributed by atoms with Crippen molar-refractivity contribution in [3.05, 3.63) is 62.9 Å². The fraction of sp³-hybridized carbons (Fsp3) is 0.0909. The van der Waals surface area contributed by atoms with Crippen LogP contribution in [0.3, 0.4) is 0 Å². The fourth-order valence-electron chi connectivity index (χ4n) is 1.54. The zero-order valence-electron chi connectivity index (χ0n) is 8.86. The Morgan fingerprint density at radius 2 is 1.67 bits per heavy atom. The van der Waals surface area contributed by atoms with Crippen molar-refractivity contribution in [1.29, 1.82) is 0 Å². The van der Waals surface area contributed by atoms with E-state index in [1.54, 1.807) is 11.1 Å². The highest BCUT2D eigenvalue weighted by Crippen LogP contribution is 2.28. The number of aromatic amines is 1. The Morgan fingerprint density at radius 3 is 2.22 bits per heavy atom. The van der Waals surface area contributed by atoms with E-state index in [9.17, 15) is 22.8 Å². The predicted molar refractivity (Wildman–Crippen MR) is 57.7 cm³/mol. The van der Waals surface area contributed by atoms with Gasteiger partial charge < -0.3 is 0 Å². The topological polar surface area (TPSA) is 54.9 Å². The summed E-state index contributed by atoms with van der Waals surface area (Å²) < 4.78 is 38.8. The van der Waals surface area contributed by atoms with Gasteiger partial charge in [-0.2, -0.15) is 13.2 Å². The number of alkyl halides is 3. The number of benzene rings is 1. The lowest BCUT2D eigenvalue weighted by atomic mass is 10.3. The molecule has 2 rings (SSSR count). The molecule has 0 aliphatic carbocycles. The van der Waals surface area contributed by atoms with E-state index < -0.39 is 23.1 Å². The molecule has 94 valence electrons. The number of hydrogen-bond donors (Lipinski definition) is 1. The van der Waals surface area contributed by atoms with Crippen LogP contribution in [0.25, 0.3) is 5.69 Å². The molecular formula is C11H7F3N2O2. The van der Waals surface area contributed by atoms with Gasteiger partial charge in [-0.1, -0.05) is 18.2 Å². The lowest BCUT2D eigenvalue weighted by Crippen LogP contribution is -2.34. The van der Waals surface area contributed by atoms with E-state index in [0.29, 0.717) is 10.6 Å². The minimum absolute atomic E-state index is 0.0334. The van der Waals surface area contributed by atoms with Crippen molar-refractivity contribution in [3.63, 3.8) is 0 Å². The van der Waals surface area contributed by atoms with Crippen LogP contribution in [-0.2, 0) is 6.18 Å². The molecule has 7 heteroatoms. The molecule has 0 spiro atoms. The van der Waals surface area contributed by atoms with Crippen LogP contribution in [0.15, 0.2) is 46.0 Å². The van der Waals surface area contributed by atoms with Gasteiger partial charge in [0, 0.05) is 6.07 Å². The second kappa shape index (κ2) is 4.17. The van der Waals surface area contributed by atoms with E-state index in [1.807, 2.05) is 0 Å². The molecule has 0 amide bonds. The van der Waals surface area contributed by atoms with Gasteiger partial charge in [-0.3, -0.25) is 14.3 Å². The Morgan fingerprint density at radius 1 is 1.06 bits per heavy atom. The minimum Gasteiger partial charge on any atom is -0.274 e. The molecule has 18 heavy (non-hydrogen) atoms. The monoisotopic (exact) mass is 256 g/mol. The smallest absolute Gasteiger partial charge is 0.274 e. The summed E-state index contributed by atoms with van der Waals surface area (Å²) in [4.78, 5) is 24.3. The molecule has 0 unspecified atom stereocenters. The largest absolute Gasteiger partial charge is 0.432 e. The van der Waals surface area contributed by atoms with Gasteiger partial charge in [0.25, 0.3) is 5.56 Å². The molecule has 1 N–H and O–H groups in total. The maximum absolute atomic E-state index is 12.8. The summed E-state index contributed by atoms with van der Waals surface area (Å²) in [5, 5.41) is 0. The van der Waals surface area contributed by atoms with Crippen LogP contribution in [0.4, 0.5) is 13.2 Å². The molecular weight excluding hydrogens is 249 g/mol. The summed E-state index contributed by atoms with van der Waals surface area (Å²) in [6.07, 6.45) is -4.79. The summed E-state index contributed by atoms with van der Waals surface area (Å²) in [5.74, 6) is 0. The molecule has 4 nitrogen and oxygen atoms in total. The zero-order chi connectivity index (χ0) is 13.3. The van der Waals surface area contributed by atoms with Gasteiger partial charge in [0.15, 0.2) is 0 Å². The Kier molecular flexibility index (Phi) is 2.82. The third-order valence-corrected chi connectivity index (χ3v) is 2.25. The highest BCUT2D eigenvalue weighted by Gasteiger charge is 2.35. The number of H-pyrrole nitrogens is 1. The number of aromatic nitrogens is 2. The van der Waals surface area contributed by atoms with Gasteiger partial charge in [0.05, 0.1) is 5.69 Å². The van der Waals surface area contributed by atoms with Gasteiger partial charge in [-0.25, -0.2) is 4.79 Å². The summed E-state index contributed by atoms with van der Waals surface area (Å²) in [6, 6.07) is 7.63. The Hall–Kier alpha value is -2.31. The standard InChI is InChI=1S/C11H7F3N2O2/c12-11(13,14)8-6-9(17)15-10(18)16(8)7-4-2-1-3-5-7/h1-6H,(H,15,17,18). The number of halogens is 3. The second-order valence-electron chi connectivity index (χ2n) is 3.49. The van der Waals surface area contributed by atoms with E-state index in [4.69, 9.17) is 0 Å². The van der Waals surface area contributed by atoms with E-state index in [0.717, 1.165) is 0 Å². The highest BCUT2D eigenvalue weighted by molar-refractivity contribution is 5.33. The average molecular weight is 256 g/mol. The first-order valence-corrected chi connectivity index (χ1v) is 4.88. The second-order valence-corrected chi connectivity index (χ2v) is 3.49. The molecule has 2 aromatic rings. The van der Waals surface area contributed by atoms with Gasteiger partial charge in [-0.15, -0.1) is 0 Å². The molecule has 1 aromatic heterocycles. The van der Waals surface area contributed by atoms with Gasteiger partial charge in [0.1, 0.15) is 5.69 Å². The number of rotatable bonds is 1. The molecule has 0 aliphatic rings. The molecule has 0 fully saturated rings. The Balaban J connectivity index is 2.82. The summed E-state index contributed by atoms with van der Waals surface area (Å²) in [7, 11) is 0. The highest BCUT2D eigenvalue weighted by atomic mass is 19.4. The fourth-order valence-corrected chi connectivity index (χ4v) is 1.54. The van der Waals surface area contributed by atoms with Crippen LogP contribution >= 0.6 is 0 Å². The van der Waals surface area contributed by atoms with Gasteiger partial charge >= 0.3 is 11.9 Å². The van der Waals surface area contributed by atoms with Crippen LogP contribution in [-0.4, -0.2) is 9.55 Å². The number of nitrogens with zero attached hydrogens (tertiary/aromatic N) is 1. The zero-order valence-corrected chi connectivity index (χ0v) is 8.86. The van der Waals surface area contributed by atoms with Crippen molar-refractivity contribution in [2.75, 3.05) is 0 Å². The van der Waals surface area contributed by atoms with E-state index >= 15 is 0 Å². The summed E-state index contributed by atoms with van der Waals surface area (Å²) in [6.45, 7) is 0. The molecule has 0 radical (unpaired) electrons. The maximum atomic E-state index is 12.8. The van der Waals surface area contributed by atoms with Crippen LogP contribution in [0, 0.1) is 0 Å². The van der Waals surface area contributed by atoms with Crippen LogP contribution in [0.5, 0.6) is 0 Å². The number of hydrogen-bond acceptors (Lipinski definition) is 2. The van der Waals surface area contributed by atoms with Crippen molar-refractivity contribution >= 4 is 0 Å². The van der Waals surface area contributed by atoms with Crippen molar-refractivity contribution in [1.82, 2.24) is 9.55 Å². The average Bonchev–Trinajstić information content (AvgIpc) is 2.28. The summed E-state index contributed by atoms with van der Waals surface area (Å²) >= 11 is 0. The number of nitrogens with one attached hydrogen (secondary N) is 1. The normalized spacial score (nSPS) is 11.5. The molecule has 0 bridgehead atoms. The molecule has 0 atom stereocenters. The SMILES string of the molecule is O=c1cc(C(F)(F)F)n(-c2ccccc2)c(=O)[nH]1. The number of para-hydroxylation sites is 1. The lowest BCUT2D eigenvalue weighted by molar-refractivity contribution is -0.143. The van der Waals surface area contributed by atoms with Crippen LogP contribution < -0.4 is 11.2 Å². The first kappa shape index (κ1) is 12.2. The van der Waals surface area contributed by atoms with Crippen molar-refractivity contribution in [2.45, 2.75) is 6.18 Å². The van der Waals surface area contributed by atoms with Gasteiger partial charge in [0.2, 0.25) is 0 Å². The van der Waals surface area contributed by atoms with Crippen molar-refractivity contribution in [3.8, 4) is 5.69 Å². The van der Waals surface area contributed by atoms with Crippen molar-refractivity contribution in [2.24, 2.45) is 0 Å². The quantitative estimate of drug-likeness (QED) is 0.841. The third-order valence-electron chi connectivity index (χ3n) is 2.25. The first-order valence-electron chi connectivity index (χ1n) is 4.88. The molecule has 1 aromatic carbocycles. The molecule has 0 saturated heterocycles. The Labute approximate surface area is 98.3 Å². The third kappa shape index (κ3) is 2.20. The van der Waals surface area contributed by atoms with Crippen LogP contribution in [0.2, 0.25) is 0 Å². The molecule has 1 heterocycles. The van der Waals surface area contributed by atoms with Crippen molar-refractivity contribution < 1.29 is 13.2 Å². The molecule has 0 aliphatic heterocycles. The van der Waals surface area contributed by atoms with E-state index in [2.05, 4.69) is 0 Å². The lowest BCUT2D eigenvalue weighted by Gasteiger charge is -2.13. The van der Waals surface area contributed by atoms with E-state index in [-0.39, 0.29) is 5.69 Å². The first-order chi connectivity index (χ1) is 8.39. The van der Waals surface area contributed by atoms with Gasteiger partial charge in [-0.05, 0) is 12.1 Å². The minimum atomic E-state index is -4.79. The predicted octanol–water partition coefficient (Wildman–Crippen LogP) is 1.54. The summed E-state index contributed by atoms with van der Waals surface area (Å²) in [5.41, 5.74) is -3.48.